The summed E-state index contributed by atoms with van der Waals surface area (Å²) in [6, 6.07) is 16.3. The van der Waals surface area contributed by atoms with Gasteiger partial charge in [-0.3, -0.25) is 23.6 Å². The fourth-order valence-corrected chi connectivity index (χ4v) is 5.17. The Morgan fingerprint density at radius 2 is 1.61 bits per heavy atom. The minimum atomic E-state index is -0.480. The molecule has 0 aliphatic carbocycles. The lowest BCUT2D eigenvalue weighted by molar-refractivity contribution is 0.630. The first-order valence-electron chi connectivity index (χ1n) is 9.45. The van der Waals surface area contributed by atoms with Gasteiger partial charge in [0.2, 0.25) is 0 Å². The van der Waals surface area contributed by atoms with Crippen molar-refractivity contribution in [2.24, 2.45) is 7.05 Å². The van der Waals surface area contributed by atoms with Crippen LogP contribution in [0.25, 0.3) is 32.4 Å². The molecule has 0 bridgehead atoms. The van der Waals surface area contributed by atoms with Crippen LogP contribution in [0.15, 0.2) is 69.0 Å². The summed E-state index contributed by atoms with van der Waals surface area (Å²) in [5.41, 5.74) is 0.786. The molecule has 0 atom stereocenters. The van der Waals surface area contributed by atoms with Crippen molar-refractivity contribution in [2.75, 3.05) is 0 Å². The zero-order valence-electron chi connectivity index (χ0n) is 16.6. The molecule has 0 unspecified atom stereocenters. The van der Waals surface area contributed by atoms with E-state index in [0.717, 1.165) is 11.3 Å². The van der Waals surface area contributed by atoms with Gasteiger partial charge in [0.15, 0.2) is 3.95 Å². The van der Waals surface area contributed by atoms with Crippen molar-refractivity contribution in [1.82, 2.24) is 18.9 Å². The molecule has 3 heterocycles. The Morgan fingerprint density at radius 1 is 0.935 bits per heavy atom. The molecule has 7 nitrogen and oxygen atoms in total. The topological polar surface area (TPSA) is 81.8 Å². The van der Waals surface area contributed by atoms with E-state index in [4.69, 9.17) is 12.2 Å². The van der Waals surface area contributed by atoms with E-state index in [0.29, 0.717) is 22.3 Å². The van der Waals surface area contributed by atoms with Crippen molar-refractivity contribution < 1.29 is 0 Å². The second-order valence-electron chi connectivity index (χ2n) is 7.12. The van der Waals surface area contributed by atoms with Gasteiger partial charge in [0.05, 0.1) is 16.8 Å². The SMILES string of the molecule is Cc1c(-n2c(=S)sc3c(=O)[nH]c4ccccc4c3c2=O)c(=O)n(-c2ccccc2)n1C. The first-order valence-corrected chi connectivity index (χ1v) is 10.7. The molecule has 0 aliphatic heterocycles. The number of benzene rings is 2. The second-order valence-corrected chi connectivity index (χ2v) is 8.77. The Hall–Kier alpha value is -3.56. The largest absolute Gasteiger partial charge is 0.321 e. The number of hydrogen-bond acceptors (Lipinski definition) is 5. The highest BCUT2D eigenvalue weighted by Gasteiger charge is 2.22. The summed E-state index contributed by atoms with van der Waals surface area (Å²) >= 11 is 6.51. The van der Waals surface area contributed by atoms with E-state index in [1.165, 1.54) is 9.25 Å². The van der Waals surface area contributed by atoms with Crippen molar-refractivity contribution in [3.63, 3.8) is 0 Å². The highest BCUT2D eigenvalue weighted by atomic mass is 32.1. The Morgan fingerprint density at radius 3 is 2.35 bits per heavy atom. The first kappa shape index (κ1) is 19.4. The maximum Gasteiger partial charge on any atom is 0.296 e. The van der Waals surface area contributed by atoms with Crippen LogP contribution in [0, 0.1) is 10.9 Å². The Bertz CT molecular complexity index is 1740. The number of pyridine rings is 1. The molecule has 31 heavy (non-hydrogen) atoms. The number of rotatable bonds is 2. The predicted octanol–water partition coefficient (Wildman–Crippen LogP) is 3.42. The molecule has 0 amide bonds. The molecule has 1 N–H and O–H groups in total. The van der Waals surface area contributed by atoms with E-state index in [1.807, 2.05) is 30.3 Å². The Kier molecular flexibility index (Phi) is 4.38. The van der Waals surface area contributed by atoms with Crippen molar-refractivity contribution in [3.05, 3.63) is 95.3 Å². The van der Waals surface area contributed by atoms with Crippen molar-refractivity contribution in [2.45, 2.75) is 6.92 Å². The van der Waals surface area contributed by atoms with Crippen LogP contribution in [0.4, 0.5) is 0 Å². The fourth-order valence-electron chi connectivity index (χ4n) is 3.87. The zero-order chi connectivity index (χ0) is 21.9. The van der Waals surface area contributed by atoms with Crippen LogP contribution in [0.2, 0.25) is 0 Å². The highest BCUT2D eigenvalue weighted by molar-refractivity contribution is 7.73. The fraction of sp³-hybridized carbons (Fsp3) is 0.0909. The number of hydrogen-bond donors (Lipinski definition) is 1. The lowest BCUT2D eigenvalue weighted by Gasteiger charge is -2.08. The summed E-state index contributed by atoms with van der Waals surface area (Å²) in [5.74, 6) is 0. The van der Waals surface area contributed by atoms with Crippen LogP contribution in [-0.4, -0.2) is 18.9 Å². The lowest BCUT2D eigenvalue weighted by Crippen LogP contribution is -2.27. The lowest BCUT2D eigenvalue weighted by atomic mass is 10.1. The molecular formula is C22H16N4O3S2. The van der Waals surface area contributed by atoms with Crippen molar-refractivity contribution >= 4 is 44.5 Å². The second kappa shape index (κ2) is 7.00. The van der Waals surface area contributed by atoms with Crippen LogP contribution in [0.3, 0.4) is 0 Å². The van der Waals surface area contributed by atoms with E-state index in [9.17, 15) is 14.4 Å². The third kappa shape index (κ3) is 2.77. The third-order valence-electron chi connectivity index (χ3n) is 5.41. The molecule has 154 valence electrons. The number of aromatic amines is 1. The molecular weight excluding hydrogens is 432 g/mol. The van der Waals surface area contributed by atoms with Gasteiger partial charge in [-0.05, 0) is 37.3 Å². The summed E-state index contributed by atoms with van der Waals surface area (Å²) in [6.45, 7) is 1.77. The van der Waals surface area contributed by atoms with E-state index in [2.05, 4.69) is 4.98 Å². The molecule has 0 fully saturated rings. The van der Waals surface area contributed by atoms with Crippen LogP contribution < -0.4 is 16.7 Å². The van der Waals surface area contributed by atoms with Gasteiger partial charge >= 0.3 is 0 Å². The quantitative estimate of drug-likeness (QED) is 0.331. The van der Waals surface area contributed by atoms with E-state index < -0.39 is 5.56 Å². The first-order chi connectivity index (χ1) is 14.9. The number of nitrogens with one attached hydrogen (secondary N) is 1. The minimum Gasteiger partial charge on any atom is -0.321 e. The predicted molar refractivity (Wildman–Crippen MR) is 126 cm³/mol. The maximum absolute atomic E-state index is 13.7. The van der Waals surface area contributed by atoms with Gasteiger partial charge in [-0.2, -0.15) is 0 Å². The summed E-state index contributed by atoms with van der Waals surface area (Å²) in [7, 11) is 1.76. The van der Waals surface area contributed by atoms with Gasteiger partial charge in [-0.15, -0.1) is 0 Å². The summed E-state index contributed by atoms with van der Waals surface area (Å²) < 4.78 is 4.84. The average molecular weight is 449 g/mol. The summed E-state index contributed by atoms with van der Waals surface area (Å²) in [4.78, 5) is 42.5. The number of H-pyrrole nitrogens is 1. The van der Waals surface area contributed by atoms with Crippen LogP contribution in [0.5, 0.6) is 0 Å². The molecule has 5 aromatic rings. The van der Waals surface area contributed by atoms with Gasteiger partial charge in [0.25, 0.3) is 16.7 Å². The van der Waals surface area contributed by atoms with E-state index >= 15 is 0 Å². The van der Waals surface area contributed by atoms with Gasteiger partial charge in [-0.1, -0.05) is 47.7 Å². The normalized spacial score (nSPS) is 11.4. The van der Waals surface area contributed by atoms with Crippen LogP contribution in [0.1, 0.15) is 5.69 Å². The van der Waals surface area contributed by atoms with Gasteiger partial charge in [-0.25, -0.2) is 4.68 Å². The van der Waals surface area contributed by atoms with E-state index in [-0.39, 0.29) is 30.8 Å². The smallest absolute Gasteiger partial charge is 0.296 e. The number of fused-ring (bicyclic) bond motifs is 3. The molecule has 0 saturated heterocycles. The molecule has 0 aliphatic rings. The number of nitrogens with zero attached hydrogens (tertiary/aromatic N) is 3. The van der Waals surface area contributed by atoms with Crippen molar-refractivity contribution in [3.8, 4) is 11.4 Å². The van der Waals surface area contributed by atoms with Crippen LogP contribution in [-0.2, 0) is 7.05 Å². The van der Waals surface area contributed by atoms with Gasteiger partial charge < -0.3 is 4.98 Å². The highest BCUT2D eigenvalue weighted by Crippen LogP contribution is 2.23. The molecule has 0 saturated carbocycles. The van der Waals surface area contributed by atoms with Crippen LogP contribution >= 0.6 is 23.6 Å². The zero-order valence-corrected chi connectivity index (χ0v) is 18.2. The third-order valence-corrected chi connectivity index (χ3v) is 6.80. The maximum atomic E-state index is 13.7. The molecule has 9 heteroatoms. The number of aromatic nitrogens is 4. The minimum absolute atomic E-state index is 0.143. The average Bonchev–Trinajstić information content (AvgIpc) is 2.98. The number of para-hydroxylation sites is 2. The Labute approximate surface area is 184 Å². The summed E-state index contributed by atoms with van der Waals surface area (Å²) in [6.07, 6.45) is 0. The summed E-state index contributed by atoms with van der Waals surface area (Å²) in [5, 5.41) is 0.867. The van der Waals surface area contributed by atoms with Gasteiger partial charge in [0.1, 0.15) is 10.4 Å². The van der Waals surface area contributed by atoms with Gasteiger partial charge in [0, 0.05) is 18.0 Å². The molecule has 3 aromatic heterocycles. The monoisotopic (exact) mass is 448 g/mol. The molecule has 5 rings (SSSR count). The molecule has 2 aromatic carbocycles. The van der Waals surface area contributed by atoms with E-state index in [1.54, 1.807) is 42.9 Å². The molecule has 0 radical (unpaired) electrons. The standard InChI is InChI=1S/C22H16N4O3S2/c1-12-17(21(29)26(24(12)2)13-8-4-3-5-9-13)25-20(28)16-14-10-6-7-11-15(14)23-19(27)18(16)31-22(25)30/h3-11H,1-2H3,(H,23,27). The Balaban J connectivity index is 1.95. The molecule has 0 spiro atoms. The van der Waals surface area contributed by atoms with Crippen molar-refractivity contribution in [1.29, 1.82) is 0 Å².